The summed E-state index contributed by atoms with van der Waals surface area (Å²) in [7, 11) is 0. The molecule has 0 bridgehead atoms. The van der Waals surface area contributed by atoms with Gasteiger partial charge in [-0.2, -0.15) is 0 Å². The van der Waals surface area contributed by atoms with Crippen LogP contribution in [0.2, 0.25) is 10.0 Å². The summed E-state index contributed by atoms with van der Waals surface area (Å²) < 4.78 is 1.87. The number of nitrogens with one attached hydrogen (secondary N) is 1. The third kappa shape index (κ3) is 6.24. The van der Waals surface area contributed by atoms with Crippen molar-refractivity contribution in [2.24, 2.45) is 0 Å². The van der Waals surface area contributed by atoms with Crippen molar-refractivity contribution in [2.45, 2.75) is 50.1 Å². The predicted molar refractivity (Wildman–Crippen MR) is 123 cm³/mol. The maximum Gasteiger partial charge on any atom is 0.220 e. The van der Waals surface area contributed by atoms with Gasteiger partial charge in [0.2, 0.25) is 5.91 Å². The Kier molecular flexibility index (Phi) is 8.61. The molecule has 2 aromatic carbocycles. The average Bonchev–Trinajstić information content (AvgIpc) is 3.16. The number of aromatic nitrogens is 3. The Morgan fingerprint density at radius 1 is 1.10 bits per heavy atom. The molecule has 8 heteroatoms. The minimum Gasteiger partial charge on any atom is -0.349 e. The molecule has 0 saturated heterocycles. The van der Waals surface area contributed by atoms with Gasteiger partial charge < -0.3 is 5.32 Å². The van der Waals surface area contributed by atoms with Crippen molar-refractivity contribution in [3.63, 3.8) is 0 Å². The van der Waals surface area contributed by atoms with Crippen molar-refractivity contribution >= 4 is 40.9 Å². The highest BCUT2D eigenvalue weighted by Crippen LogP contribution is 2.30. The van der Waals surface area contributed by atoms with Gasteiger partial charge in [0.15, 0.2) is 11.0 Å². The molecule has 0 aliphatic rings. The lowest BCUT2D eigenvalue weighted by molar-refractivity contribution is -0.121. The number of unbranched alkanes of at least 4 members (excludes halogenated alkanes) is 2. The number of nitrogens with zero attached hydrogens (tertiary/aromatic N) is 3. The van der Waals surface area contributed by atoms with E-state index in [0.29, 0.717) is 33.1 Å². The van der Waals surface area contributed by atoms with Crippen molar-refractivity contribution in [3.05, 3.63) is 70.0 Å². The molecule has 0 unspecified atom stereocenters. The summed E-state index contributed by atoms with van der Waals surface area (Å²) in [6, 6.07) is 15.4. The Labute approximate surface area is 191 Å². The molecule has 0 atom stereocenters. The molecule has 0 spiro atoms. The Hall–Kier alpha value is -2.02. The summed E-state index contributed by atoms with van der Waals surface area (Å²) in [5.41, 5.74) is 1.87. The number of carbonyl (C=O) groups excluding carboxylic acids is 1. The molecule has 0 saturated carbocycles. The largest absolute Gasteiger partial charge is 0.349 e. The van der Waals surface area contributed by atoms with Crippen LogP contribution in [-0.4, -0.2) is 20.7 Å². The first-order chi connectivity index (χ1) is 14.6. The van der Waals surface area contributed by atoms with E-state index in [1.54, 1.807) is 30.0 Å². The van der Waals surface area contributed by atoms with Gasteiger partial charge in [0.05, 0.1) is 17.3 Å². The zero-order valence-electron chi connectivity index (χ0n) is 16.8. The smallest absolute Gasteiger partial charge is 0.220 e. The highest BCUT2D eigenvalue weighted by Gasteiger charge is 2.18. The van der Waals surface area contributed by atoms with E-state index in [4.69, 9.17) is 23.2 Å². The van der Waals surface area contributed by atoms with Crippen LogP contribution in [0.4, 0.5) is 0 Å². The second-order valence-corrected chi connectivity index (χ2v) is 8.62. The topological polar surface area (TPSA) is 59.8 Å². The van der Waals surface area contributed by atoms with E-state index in [2.05, 4.69) is 34.6 Å². The summed E-state index contributed by atoms with van der Waals surface area (Å²) in [6.45, 7) is 2.39. The van der Waals surface area contributed by atoms with Gasteiger partial charge in [-0.25, -0.2) is 0 Å². The molecule has 158 valence electrons. The minimum absolute atomic E-state index is 0.00804. The molecule has 0 aliphatic carbocycles. The molecule has 0 fully saturated rings. The first-order valence-electron chi connectivity index (χ1n) is 9.91. The second-order valence-electron chi connectivity index (χ2n) is 6.84. The maximum absolute atomic E-state index is 12.2. The van der Waals surface area contributed by atoms with E-state index in [1.165, 1.54) is 5.56 Å². The molecular formula is C22H24Cl2N4OS. The number of thioether (sulfide) groups is 1. The fourth-order valence-corrected chi connectivity index (χ4v) is 4.22. The third-order valence-corrected chi connectivity index (χ3v) is 6.07. The van der Waals surface area contributed by atoms with E-state index in [1.807, 2.05) is 22.8 Å². The van der Waals surface area contributed by atoms with Crippen LogP contribution < -0.4 is 5.32 Å². The summed E-state index contributed by atoms with van der Waals surface area (Å²) in [6.07, 6.45) is 3.52. The van der Waals surface area contributed by atoms with E-state index < -0.39 is 0 Å². The van der Waals surface area contributed by atoms with E-state index >= 15 is 0 Å². The first kappa shape index (κ1) is 22.7. The van der Waals surface area contributed by atoms with Crippen LogP contribution in [0.5, 0.6) is 0 Å². The summed E-state index contributed by atoms with van der Waals surface area (Å²) in [5.74, 6) is 1.35. The van der Waals surface area contributed by atoms with Crippen LogP contribution in [0.1, 0.15) is 44.0 Å². The van der Waals surface area contributed by atoms with Crippen LogP contribution >= 0.6 is 35.0 Å². The molecule has 1 aromatic heterocycles. The Balaban J connectivity index is 1.82. The van der Waals surface area contributed by atoms with Gasteiger partial charge >= 0.3 is 0 Å². The lowest BCUT2D eigenvalue weighted by Crippen LogP contribution is -2.24. The van der Waals surface area contributed by atoms with Crippen LogP contribution in [-0.2, 0) is 17.1 Å². The Bertz CT molecular complexity index is 979. The lowest BCUT2D eigenvalue weighted by atomic mass is 10.2. The van der Waals surface area contributed by atoms with E-state index in [9.17, 15) is 4.79 Å². The predicted octanol–water partition coefficient (Wildman–Crippen LogP) is 6.06. The van der Waals surface area contributed by atoms with Gasteiger partial charge in [-0.15, -0.1) is 10.2 Å². The van der Waals surface area contributed by atoms with Gasteiger partial charge in [-0.05, 0) is 30.2 Å². The van der Waals surface area contributed by atoms with Gasteiger partial charge in [-0.3, -0.25) is 9.36 Å². The van der Waals surface area contributed by atoms with E-state index in [-0.39, 0.29) is 12.5 Å². The first-order valence-corrected chi connectivity index (χ1v) is 11.7. The monoisotopic (exact) mass is 462 g/mol. The van der Waals surface area contributed by atoms with Crippen molar-refractivity contribution in [3.8, 4) is 5.69 Å². The third-order valence-electron chi connectivity index (χ3n) is 4.51. The SMILES string of the molecule is CCCCCC(=O)NCc1nnc(SCc2ccccc2)n1-c1cc(Cl)ccc1Cl. The fraction of sp³-hybridized carbons (Fsp3) is 0.318. The second kappa shape index (κ2) is 11.4. The fourth-order valence-electron chi connectivity index (χ4n) is 2.93. The number of hydrogen-bond acceptors (Lipinski definition) is 4. The zero-order valence-corrected chi connectivity index (χ0v) is 19.1. The van der Waals surface area contributed by atoms with Crippen molar-refractivity contribution in [1.82, 2.24) is 20.1 Å². The van der Waals surface area contributed by atoms with E-state index in [0.717, 1.165) is 25.0 Å². The summed E-state index contributed by atoms with van der Waals surface area (Å²) in [4.78, 5) is 12.2. The molecule has 5 nitrogen and oxygen atoms in total. The number of benzene rings is 2. The molecule has 1 heterocycles. The molecule has 1 N–H and O–H groups in total. The zero-order chi connectivity index (χ0) is 21.3. The molecule has 30 heavy (non-hydrogen) atoms. The van der Waals surface area contributed by atoms with Crippen LogP contribution in [0.15, 0.2) is 53.7 Å². The summed E-state index contributed by atoms with van der Waals surface area (Å²) >= 11 is 14.2. The number of hydrogen-bond donors (Lipinski definition) is 1. The van der Waals surface area contributed by atoms with Crippen molar-refractivity contribution < 1.29 is 4.79 Å². The quantitative estimate of drug-likeness (QED) is 0.293. The highest BCUT2D eigenvalue weighted by atomic mass is 35.5. The molecule has 3 aromatic rings. The molecular weight excluding hydrogens is 439 g/mol. The number of amides is 1. The normalized spacial score (nSPS) is 10.9. The van der Waals surface area contributed by atoms with Crippen molar-refractivity contribution in [1.29, 1.82) is 0 Å². The highest BCUT2D eigenvalue weighted by molar-refractivity contribution is 7.98. The molecule has 0 radical (unpaired) electrons. The van der Waals surface area contributed by atoms with Crippen LogP contribution in [0, 0.1) is 0 Å². The van der Waals surface area contributed by atoms with Crippen molar-refractivity contribution in [2.75, 3.05) is 0 Å². The minimum atomic E-state index is 0.00804. The van der Waals surface area contributed by atoms with Gasteiger partial charge in [0.25, 0.3) is 0 Å². The number of halogens is 2. The molecule has 0 aliphatic heterocycles. The lowest BCUT2D eigenvalue weighted by Gasteiger charge is -2.13. The van der Waals surface area contributed by atoms with Gasteiger partial charge in [0.1, 0.15) is 0 Å². The maximum atomic E-state index is 12.2. The standard InChI is InChI=1S/C22H24Cl2N4OS/c1-2-3-5-10-21(29)25-14-20-26-27-22(30-15-16-8-6-4-7-9-16)28(20)19-13-17(23)11-12-18(19)24/h4,6-9,11-13H,2-3,5,10,14-15H2,1H3,(H,25,29). The number of rotatable bonds is 10. The van der Waals surface area contributed by atoms with Crippen LogP contribution in [0.3, 0.4) is 0 Å². The Morgan fingerprint density at radius 2 is 1.90 bits per heavy atom. The summed E-state index contributed by atoms with van der Waals surface area (Å²) in [5, 5.41) is 13.4. The average molecular weight is 463 g/mol. The molecule has 1 amide bonds. The van der Waals surface area contributed by atoms with Gasteiger partial charge in [-0.1, -0.05) is 85.1 Å². The Morgan fingerprint density at radius 3 is 2.67 bits per heavy atom. The van der Waals surface area contributed by atoms with Gasteiger partial charge in [0, 0.05) is 17.2 Å². The molecule has 3 rings (SSSR count). The number of carbonyl (C=O) groups is 1. The van der Waals surface area contributed by atoms with Crippen LogP contribution in [0.25, 0.3) is 5.69 Å².